The quantitative estimate of drug-likeness (QED) is 0.433. The van der Waals surface area contributed by atoms with Gasteiger partial charge in [0.05, 0.1) is 18.5 Å². The topological polar surface area (TPSA) is 62.4 Å². The minimum Gasteiger partial charge on any atom is -0.493 e. The Balaban J connectivity index is 2.34. The molecule has 10 heteroatoms. The Hall–Kier alpha value is -2.17. The Kier molecular flexibility index (Phi) is 8.42. The molecule has 0 aliphatic carbocycles. The lowest BCUT2D eigenvalue weighted by molar-refractivity contribution is -0.141. The summed E-state index contributed by atoms with van der Waals surface area (Å²) in [5.41, 5.74) is -0.799. The molecule has 2 N–H and O–H groups in total. The largest absolute Gasteiger partial charge is 0.493 e. The highest BCUT2D eigenvalue weighted by Gasteiger charge is 2.39. The van der Waals surface area contributed by atoms with E-state index >= 15 is 0 Å². The molecule has 2 aromatic rings. The van der Waals surface area contributed by atoms with Crippen molar-refractivity contribution in [1.82, 2.24) is 20.4 Å². The molecular formula is C19H26F4N4O2. The zero-order valence-electron chi connectivity index (χ0n) is 16.7. The molecule has 0 radical (unpaired) electrons. The second kappa shape index (κ2) is 10.6. The van der Waals surface area contributed by atoms with Gasteiger partial charge >= 0.3 is 6.18 Å². The molecule has 0 atom stereocenters. The van der Waals surface area contributed by atoms with Crippen LogP contribution in [0.15, 0.2) is 18.3 Å². The molecule has 0 fully saturated rings. The fraction of sp³-hybridized carbons (Fsp3) is 0.526. The molecule has 0 aliphatic heterocycles. The number of aromatic amines is 1. The van der Waals surface area contributed by atoms with Crippen molar-refractivity contribution in [1.29, 1.82) is 0 Å². The van der Waals surface area contributed by atoms with Crippen LogP contribution < -0.4 is 10.1 Å². The van der Waals surface area contributed by atoms with E-state index in [2.05, 4.69) is 15.5 Å². The van der Waals surface area contributed by atoms with Crippen molar-refractivity contribution < 1.29 is 27.0 Å². The summed E-state index contributed by atoms with van der Waals surface area (Å²) in [5, 5.41) is 9.54. The first kappa shape index (κ1) is 23.1. The molecule has 2 rings (SSSR count). The zero-order valence-corrected chi connectivity index (χ0v) is 16.7. The normalized spacial score (nSPS) is 12.0. The smallest absolute Gasteiger partial charge is 0.422 e. The number of ether oxygens (including phenoxy) is 2. The number of hydrogen-bond acceptors (Lipinski definition) is 5. The van der Waals surface area contributed by atoms with Gasteiger partial charge in [0.1, 0.15) is 17.1 Å². The summed E-state index contributed by atoms with van der Waals surface area (Å²) in [6, 6.07) is 2.42. The summed E-state index contributed by atoms with van der Waals surface area (Å²) in [5.74, 6) is -1.92. The third-order valence-corrected chi connectivity index (χ3v) is 4.31. The molecule has 0 bridgehead atoms. The number of alkyl halides is 3. The fourth-order valence-electron chi connectivity index (χ4n) is 2.86. The van der Waals surface area contributed by atoms with Crippen molar-refractivity contribution in [2.75, 3.05) is 47.5 Å². The van der Waals surface area contributed by atoms with E-state index < -0.39 is 23.3 Å². The van der Waals surface area contributed by atoms with Crippen molar-refractivity contribution in [3.05, 3.63) is 35.3 Å². The second-order valence-corrected chi connectivity index (χ2v) is 6.60. The maximum Gasteiger partial charge on any atom is 0.422 e. The number of hydrogen-bond donors (Lipinski definition) is 2. The summed E-state index contributed by atoms with van der Waals surface area (Å²) >= 11 is 0. The summed E-state index contributed by atoms with van der Waals surface area (Å²) in [6.45, 7) is 2.18. The molecular weight excluding hydrogens is 392 g/mol. The number of methoxy groups -OCH3 is 1. The number of halogens is 4. The summed E-state index contributed by atoms with van der Waals surface area (Å²) in [7, 11) is 5.17. The van der Waals surface area contributed by atoms with Crippen molar-refractivity contribution >= 4 is 0 Å². The molecule has 6 nitrogen and oxygen atoms in total. The van der Waals surface area contributed by atoms with E-state index in [1.165, 1.54) is 19.4 Å². The minimum absolute atomic E-state index is 0.0126. The van der Waals surface area contributed by atoms with Crippen LogP contribution in [-0.2, 0) is 17.5 Å². The minimum atomic E-state index is -4.90. The van der Waals surface area contributed by atoms with Gasteiger partial charge < -0.3 is 19.7 Å². The molecule has 1 aromatic heterocycles. The highest BCUT2D eigenvalue weighted by atomic mass is 19.4. The van der Waals surface area contributed by atoms with Crippen LogP contribution in [0.3, 0.4) is 0 Å². The van der Waals surface area contributed by atoms with E-state index in [1.54, 1.807) is 0 Å². The van der Waals surface area contributed by atoms with Crippen LogP contribution in [0, 0.1) is 5.82 Å². The lowest BCUT2D eigenvalue weighted by Gasteiger charge is -2.18. The second-order valence-electron chi connectivity index (χ2n) is 6.60. The standard InChI is InChI=1S/C19H26F4N4O2/c1-24-7-8-27(2)12-13-11-25-26-18(13)14-5-6-15(29-10-4-9-28-3)16(17(14)20)19(21,22)23/h5-6,11,24H,4,7-10,12H2,1-3H3,(H,25,26). The number of nitrogens with one attached hydrogen (secondary N) is 2. The van der Waals surface area contributed by atoms with E-state index in [4.69, 9.17) is 9.47 Å². The first-order valence-electron chi connectivity index (χ1n) is 9.16. The highest BCUT2D eigenvalue weighted by Crippen LogP contribution is 2.42. The van der Waals surface area contributed by atoms with Crippen molar-refractivity contribution in [3.63, 3.8) is 0 Å². The first-order chi connectivity index (χ1) is 13.8. The predicted octanol–water partition coefficient (Wildman–Crippen LogP) is 3.30. The van der Waals surface area contributed by atoms with Gasteiger partial charge in [-0.05, 0) is 26.2 Å². The summed E-state index contributed by atoms with van der Waals surface area (Å²) < 4.78 is 65.7. The molecule has 162 valence electrons. The average Bonchev–Trinajstić information content (AvgIpc) is 3.10. The van der Waals surface area contributed by atoms with Gasteiger partial charge in [-0.15, -0.1) is 0 Å². The molecule has 0 aliphatic rings. The van der Waals surface area contributed by atoms with Crippen LogP contribution in [-0.4, -0.2) is 62.6 Å². The SMILES string of the molecule is CNCCN(C)Cc1cn[nH]c1-c1ccc(OCCCOC)c(C(F)(F)F)c1F. The molecule has 0 unspecified atom stereocenters. The van der Waals surface area contributed by atoms with Crippen LogP contribution >= 0.6 is 0 Å². The van der Waals surface area contributed by atoms with Crippen LogP contribution in [0.4, 0.5) is 17.6 Å². The van der Waals surface area contributed by atoms with E-state index in [0.717, 1.165) is 12.6 Å². The van der Waals surface area contributed by atoms with Gasteiger partial charge in [0.25, 0.3) is 0 Å². The fourth-order valence-corrected chi connectivity index (χ4v) is 2.86. The summed E-state index contributed by atoms with van der Waals surface area (Å²) in [4.78, 5) is 1.96. The Morgan fingerprint density at radius 1 is 1.24 bits per heavy atom. The Labute approximate surface area is 167 Å². The van der Waals surface area contributed by atoms with E-state index in [-0.39, 0.29) is 17.9 Å². The lowest BCUT2D eigenvalue weighted by atomic mass is 10.0. The number of aromatic nitrogens is 2. The van der Waals surface area contributed by atoms with Gasteiger partial charge in [0, 0.05) is 50.9 Å². The van der Waals surface area contributed by atoms with E-state index in [0.29, 0.717) is 31.7 Å². The van der Waals surface area contributed by atoms with Gasteiger partial charge in [0.15, 0.2) is 0 Å². The van der Waals surface area contributed by atoms with Gasteiger partial charge in [-0.1, -0.05) is 0 Å². The molecule has 0 saturated carbocycles. The molecule has 1 heterocycles. The number of rotatable bonds is 11. The number of benzene rings is 1. The molecule has 0 saturated heterocycles. The average molecular weight is 418 g/mol. The highest BCUT2D eigenvalue weighted by molar-refractivity contribution is 5.66. The number of likely N-dealkylation sites (N-methyl/N-ethyl adjacent to an activating group) is 2. The van der Waals surface area contributed by atoms with Crippen molar-refractivity contribution in [2.24, 2.45) is 0 Å². The number of nitrogens with zero attached hydrogens (tertiary/aromatic N) is 2. The third kappa shape index (κ3) is 6.15. The van der Waals surface area contributed by atoms with Crippen LogP contribution in [0.2, 0.25) is 0 Å². The van der Waals surface area contributed by atoms with Gasteiger partial charge in [-0.2, -0.15) is 18.3 Å². The van der Waals surface area contributed by atoms with Crippen LogP contribution in [0.1, 0.15) is 17.5 Å². The van der Waals surface area contributed by atoms with E-state index in [1.807, 2.05) is 19.0 Å². The first-order valence-corrected chi connectivity index (χ1v) is 9.16. The summed E-state index contributed by atoms with van der Waals surface area (Å²) in [6.07, 6.45) is -3.02. The van der Waals surface area contributed by atoms with Crippen molar-refractivity contribution in [3.8, 4) is 17.0 Å². The van der Waals surface area contributed by atoms with Crippen LogP contribution in [0.25, 0.3) is 11.3 Å². The van der Waals surface area contributed by atoms with Crippen LogP contribution in [0.5, 0.6) is 5.75 Å². The van der Waals surface area contributed by atoms with E-state index in [9.17, 15) is 17.6 Å². The Morgan fingerprint density at radius 2 is 2.00 bits per heavy atom. The monoisotopic (exact) mass is 418 g/mol. The van der Waals surface area contributed by atoms with Gasteiger partial charge in [-0.25, -0.2) is 4.39 Å². The number of H-pyrrole nitrogens is 1. The zero-order chi connectivity index (χ0) is 21.4. The third-order valence-electron chi connectivity index (χ3n) is 4.31. The molecule has 0 spiro atoms. The van der Waals surface area contributed by atoms with Crippen molar-refractivity contribution in [2.45, 2.75) is 19.1 Å². The molecule has 0 amide bonds. The molecule has 1 aromatic carbocycles. The van der Waals surface area contributed by atoms with Gasteiger partial charge in [0.2, 0.25) is 0 Å². The molecule has 29 heavy (non-hydrogen) atoms. The predicted molar refractivity (Wildman–Crippen MR) is 101 cm³/mol. The Morgan fingerprint density at radius 3 is 2.66 bits per heavy atom. The Bertz CT molecular complexity index is 780. The van der Waals surface area contributed by atoms with Gasteiger partial charge in [-0.3, -0.25) is 5.10 Å². The maximum absolute atomic E-state index is 15.0. The maximum atomic E-state index is 15.0. The lowest BCUT2D eigenvalue weighted by Crippen LogP contribution is -2.27.